The van der Waals surface area contributed by atoms with Crippen LogP contribution in [0.5, 0.6) is 0 Å². The van der Waals surface area contributed by atoms with Crippen molar-refractivity contribution in [3.63, 3.8) is 0 Å². The molecule has 28 heavy (non-hydrogen) atoms. The molecule has 162 valence electrons. The number of epoxide rings is 2. The summed E-state index contributed by atoms with van der Waals surface area (Å²) in [7, 11) is -7.43. The molecule has 0 spiro atoms. The van der Waals surface area contributed by atoms with E-state index < -0.39 is 35.7 Å². The highest BCUT2D eigenvalue weighted by Gasteiger charge is 2.46. The lowest BCUT2D eigenvalue weighted by Gasteiger charge is -2.40. The van der Waals surface area contributed by atoms with Crippen molar-refractivity contribution in [1.29, 1.82) is 0 Å². The van der Waals surface area contributed by atoms with Crippen molar-refractivity contribution >= 4 is 35.7 Å². The van der Waals surface area contributed by atoms with E-state index in [0.29, 0.717) is 38.6 Å². The highest BCUT2D eigenvalue weighted by atomic mass is 28.5. The molecule has 0 bridgehead atoms. The Labute approximate surface area is 174 Å². The van der Waals surface area contributed by atoms with Crippen molar-refractivity contribution in [1.82, 2.24) is 0 Å². The Hall–Kier alpha value is 0.548. The van der Waals surface area contributed by atoms with Crippen molar-refractivity contribution in [3.8, 4) is 0 Å². The van der Waals surface area contributed by atoms with Gasteiger partial charge in [0.25, 0.3) is 0 Å². The van der Waals surface area contributed by atoms with E-state index in [1.165, 1.54) is 0 Å². The Morgan fingerprint density at radius 1 is 0.750 bits per heavy atom. The zero-order valence-corrected chi connectivity index (χ0v) is 21.5. The van der Waals surface area contributed by atoms with Crippen molar-refractivity contribution < 1.29 is 35.4 Å². The van der Waals surface area contributed by atoms with Gasteiger partial charge in [0.15, 0.2) is 0 Å². The van der Waals surface area contributed by atoms with E-state index in [2.05, 4.69) is 26.2 Å². The molecule has 0 aromatic heterocycles. The number of hydrogen-bond acceptors (Lipinski definition) is 8. The van der Waals surface area contributed by atoms with Crippen LogP contribution in [0.25, 0.3) is 0 Å². The Bertz CT molecular complexity index is 426. The van der Waals surface area contributed by atoms with Crippen LogP contribution in [0.4, 0.5) is 0 Å². The summed E-state index contributed by atoms with van der Waals surface area (Å²) in [5.74, 6) is 0. The van der Waals surface area contributed by atoms with Gasteiger partial charge in [0.1, 0.15) is 12.2 Å². The van der Waals surface area contributed by atoms with Crippen molar-refractivity contribution in [2.24, 2.45) is 0 Å². The fourth-order valence-electron chi connectivity index (χ4n) is 3.25. The second-order valence-corrected chi connectivity index (χ2v) is 18.7. The van der Waals surface area contributed by atoms with Gasteiger partial charge in [0.05, 0.1) is 26.4 Å². The molecule has 0 aliphatic carbocycles. The SMILES string of the molecule is C[Si]1O[Si](C)(CCCOCC2CO2)O[Si](C)O[Si](C)(CCCOCC2CO2)O1. The summed E-state index contributed by atoms with van der Waals surface area (Å²) in [6.45, 7) is 12.9. The molecule has 0 N–H and O–H groups in total. The first kappa shape index (κ1) is 23.2. The van der Waals surface area contributed by atoms with Gasteiger partial charge in [-0.05, 0) is 51.1 Å². The summed E-state index contributed by atoms with van der Waals surface area (Å²) in [6, 6.07) is 1.79. The van der Waals surface area contributed by atoms with E-state index in [1.54, 1.807) is 0 Å². The predicted molar refractivity (Wildman–Crippen MR) is 111 cm³/mol. The summed E-state index contributed by atoms with van der Waals surface area (Å²) in [4.78, 5) is 0. The number of ether oxygens (including phenoxy) is 4. The highest BCUT2D eigenvalue weighted by Crippen LogP contribution is 2.27. The highest BCUT2D eigenvalue weighted by molar-refractivity contribution is 6.85. The van der Waals surface area contributed by atoms with E-state index >= 15 is 0 Å². The molecule has 8 nitrogen and oxygen atoms in total. The quantitative estimate of drug-likeness (QED) is 0.246. The molecule has 3 saturated heterocycles. The normalized spacial score (nSPS) is 36.9. The van der Waals surface area contributed by atoms with E-state index in [-0.39, 0.29) is 0 Å². The molecule has 0 aromatic rings. The lowest BCUT2D eigenvalue weighted by Crippen LogP contribution is -2.57. The van der Waals surface area contributed by atoms with Crippen LogP contribution < -0.4 is 0 Å². The molecule has 3 aliphatic rings. The first-order valence-electron chi connectivity index (χ1n) is 10.2. The molecular weight excluding hydrogens is 433 g/mol. The van der Waals surface area contributed by atoms with Gasteiger partial charge in [-0.1, -0.05) is 0 Å². The lowest BCUT2D eigenvalue weighted by molar-refractivity contribution is 0.114. The largest absolute Gasteiger partial charge is 0.415 e. The zero-order valence-electron chi connectivity index (χ0n) is 17.5. The summed E-state index contributed by atoms with van der Waals surface area (Å²) in [5.41, 5.74) is 0. The van der Waals surface area contributed by atoms with Gasteiger partial charge in [-0.3, -0.25) is 0 Å². The molecule has 3 fully saturated rings. The molecule has 3 aliphatic heterocycles. The van der Waals surface area contributed by atoms with Crippen molar-refractivity contribution in [2.75, 3.05) is 39.6 Å². The topological polar surface area (TPSA) is 80.4 Å². The van der Waals surface area contributed by atoms with Gasteiger partial charge in [-0.25, -0.2) is 0 Å². The fraction of sp³-hybridized carbons (Fsp3) is 1.00. The van der Waals surface area contributed by atoms with E-state index in [9.17, 15) is 0 Å². The van der Waals surface area contributed by atoms with Crippen LogP contribution in [-0.4, -0.2) is 87.5 Å². The monoisotopic (exact) mass is 466 g/mol. The molecule has 3 heterocycles. The Morgan fingerprint density at radius 3 is 1.43 bits per heavy atom. The summed E-state index contributed by atoms with van der Waals surface area (Å²) >= 11 is 0. The maximum Gasteiger partial charge on any atom is 0.362 e. The molecule has 0 aromatic carbocycles. The van der Waals surface area contributed by atoms with Crippen molar-refractivity contribution in [3.05, 3.63) is 0 Å². The fourth-order valence-corrected chi connectivity index (χ4v) is 18.4. The van der Waals surface area contributed by atoms with Gasteiger partial charge >= 0.3 is 35.7 Å². The van der Waals surface area contributed by atoms with Gasteiger partial charge in [-0.2, -0.15) is 0 Å². The van der Waals surface area contributed by atoms with Crippen LogP contribution in [0.2, 0.25) is 38.3 Å². The zero-order chi connectivity index (χ0) is 20.0. The van der Waals surface area contributed by atoms with Crippen molar-refractivity contribution in [2.45, 2.75) is 63.3 Å². The second-order valence-electron chi connectivity index (χ2n) is 7.93. The first-order valence-corrected chi connectivity index (χ1v) is 18.9. The molecule has 12 heteroatoms. The molecule has 2 radical (unpaired) electrons. The number of rotatable bonds is 12. The minimum atomic E-state index is -2.31. The first-order chi connectivity index (χ1) is 13.4. The summed E-state index contributed by atoms with van der Waals surface area (Å²) in [5, 5.41) is 0. The Balaban J connectivity index is 1.38. The van der Waals surface area contributed by atoms with Crippen LogP contribution in [0.15, 0.2) is 0 Å². The second kappa shape index (κ2) is 10.7. The Morgan fingerprint density at radius 2 is 1.11 bits per heavy atom. The van der Waals surface area contributed by atoms with E-state index in [4.69, 9.17) is 35.4 Å². The van der Waals surface area contributed by atoms with E-state index in [1.807, 2.05) is 0 Å². The van der Waals surface area contributed by atoms with E-state index in [0.717, 1.165) is 38.1 Å². The molecule has 0 amide bonds. The van der Waals surface area contributed by atoms with Gasteiger partial charge in [0.2, 0.25) is 0 Å². The summed E-state index contributed by atoms with van der Waals surface area (Å²) < 4.78 is 47.2. The third-order valence-corrected chi connectivity index (χ3v) is 18.7. The molecule has 3 rings (SSSR count). The lowest BCUT2D eigenvalue weighted by atomic mass is 10.5. The average molecular weight is 467 g/mol. The maximum absolute atomic E-state index is 6.40. The average Bonchev–Trinajstić information content (AvgIpc) is 3.47. The smallest absolute Gasteiger partial charge is 0.362 e. The molecular formula is C16H34O8Si4. The third kappa shape index (κ3) is 8.73. The van der Waals surface area contributed by atoms with Crippen LogP contribution in [0.1, 0.15) is 12.8 Å². The van der Waals surface area contributed by atoms with Crippen LogP contribution in [0, 0.1) is 0 Å². The minimum absolute atomic E-state index is 0.314. The van der Waals surface area contributed by atoms with Crippen LogP contribution >= 0.6 is 0 Å². The van der Waals surface area contributed by atoms with Gasteiger partial charge in [0, 0.05) is 13.2 Å². The molecule has 2 unspecified atom stereocenters. The molecule has 0 saturated carbocycles. The standard InChI is InChI=1S/C16H34O8Si4/c1-25-21-27(3,9-5-7-17-11-15-13-19-15)23-26(2)24-28(4,22-25)10-6-8-18-12-16-14-20-16/h15-16H,5-14H2,1-4H3. The summed E-state index contributed by atoms with van der Waals surface area (Å²) in [6.07, 6.45) is 2.48. The Kier molecular flexibility index (Phi) is 8.89. The van der Waals surface area contributed by atoms with Crippen LogP contribution in [-0.2, 0) is 35.4 Å². The van der Waals surface area contributed by atoms with Crippen LogP contribution in [0.3, 0.4) is 0 Å². The number of hydrogen-bond donors (Lipinski definition) is 0. The minimum Gasteiger partial charge on any atom is -0.415 e. The molecule has 2 atom stereocenters. The third-order valence-electron chi connectivity index (χ3n) is 4.69. The van der Waals surface area contributed by atoms with Gasteiger partial charge in [-0.15, -0.1) is 0 Å². The maximum atomic E-state index is 6.40. The van der Waals surface area contributed by atoms with Gasteiger partial charge < -0.3 is 35.4 Å². The predicted octanol–water partition coefficient (Wildman–Crippen LogP) is 2.06.